The van der Waals surface area contributed by atoms with Crippen LogP contribution in [0.2, 0.25) is 0 Å². The summed E-state index contributed by atoms with van der Waals surface area (Å²) in [7, 11) is 2.08. The van der Waals surface area contributed by atoms with E-state index in [-0.39, 0.29) is 5.76 Å². The first-order valence-electron chi connectivity index (χ1n) is 5.91. The number of nitrogen functional groups attached to an aromatic ring is 1. The summed E-state index contributed by atoms with van der Waals surface area (Å²) in [4.78, 5) is 13.5. The Morgan fingerprint density at radius 3 is 2.94 bits per heavy atom. The molecule has 1 unspecified atom stereocenters. The summed E-state index contributed by atoms with van der Waals surface area (Å²) in [5.41, 5.74) is 2.05. The van der Waals surface area contributed by atoms with Crippen molar-refractivity contribution in [3.8, 4) is 0 Å². The first-order valence-corrected chi connectivity index (χ1v) is 5.91. The summed E-state index contributed by atoms with van der Waals surface area (Å²) in [6.07, 6.45) is 2.65. The van der Waals surface area contributed by atoms with Crippen molar-refractivity contribution in [2.75, 3.05) is 7.05 Å². The molecule has 5 nitrogen and oxygen atoms in total. The van der Waals surface area contributed by atoms with Crippen molar-refractivity contribution in [2.45, 2.75) is 32.4 Å². The second kappa shape index (κ2) is 4.89. The van der Waals surface area contributed by atoms with Crippen molar-refractivity contribution in [1.29, 1.82) is 0 Å². The average molecular weight is 237 g/mol. The lowest BCUT2D eigenvalue weighted by molar-refractivity contribution is 0.0921. The van der Waals surface area contributed by atoms with Gasteiger partial charge >= 0.3 is 5.91 Å². The lowest BCUT2D eigenvalue weighted by Crippen LogP contribution is -2.30. The first kappa shape index (κ1) is 12.1. The minimum Gasteiger partial charge on any atom is -0.455 e. The Morgan fingerprint density at radius 2 is 2.35 bits per heavy atom. The van der Waals surface area contributed by atoms with Gasteiger partial charge in [-0.25, -0.2) is 5.84 Å². The van der Waals surface area contributed by atoms with Gasteiger partial charge in [0.1, 0.15) is 5.76 Å². The van der Waals surface area contributed by atoms with Crippen LogP contribution >= 0.6 is 0 Å². The Balaban J connectivity index is 1.93. The molecule has 1 saturated carbocycles. The second-order valence-corrected chi connectivity index (χ2v) is 4.73. The van der Waals surface area contributed by atoms with E-state index in [2.05, 4.69) is 24.3 Å². The minimum atomic E-state index is -0.394. The van der Waals surface area contributed by atoms with Crippen LogP contribution in [0.3, 0.4) is 0 Å². The van der Waals surface area contributed by atoms with Crippen molar-refractivity contribution in [2.24, 2.45) is 11.8 Å². The predicted octanol–water partition coefficient (Wildman–Crippen LogP) is 1.11. The van der Waals surface area contributed by atoms with Gasteiger partial charge in [0, 0.05) is 6.04 Å². The summed E-state index contributed by atoms with van der Waals surface area (Å²) >= 11 is 0. The van der Waals surface area contributed by atoms with Crippen LogP contribution in [0.5, 0.6) is 0 Å². The number of hydrogen-bond acceptors (Lipinski definition) is 4. The van der Waals surface area contributed by atoms with Crippen LogP contribution in [0.4, 0.5) is 0 Å². The molecule has 0 aliphatic heterocycles. The number of hydrazine groups is 1. The van der Waals surface area contributed by atoms with Gasteiger partial charge in [0.2, 0.25) is 0 Å². The number of nitrogens with two attached hydrogens (primary N) is 1. The van der Waals surface area contributed by atoms with E-state index < -0.39 is 5.91 Å². The molecule has 0 saturated heterocycles. The third-order valence-electron chi connectivity index (χ3n) is 3.42. The third-order valence-corrected chi connectivity index (χ3v) is 3.42. The molecular weight excluding hydrogens is 218 g/mol. The minimum absolute atomic E-state index is 0.259. The van der Waals surface area contributed by atoms with Crippen LogP contribution in [0, 0.1) is 5.92 Å². The molecule has 1 fully saturated rings. The van der Waals surface area contributed by atoms with Crippen LogP contribution in [0.15, 0.2) is 16.5 Å². The van der Waals surface area contributed by atoms with Crippen molar-refractivity contribution >= 4 is 5.91 Å². The van der Waals surface area contributed by atoms with Gasteiger partial charge in [-0.05, 0) is 44.9 Å². The zero-order valence-electron chi connectivity index (χ0n) is 10.3. The molecule has 2 rings (SSSR count). The Bertz CT molecular complexity index is 398. The molecule has 5 heteroatoms. The van der Waals surface area contributed by atoms with E-state index >= 15 is 0 Å². The van der Waals surface area contributed by atoms with E-state index in [1.807, 2.05) is 6.07 Å². The Kier molecular flexibility index (Phi) is 3.49. The number of amides is 1. The number of furan rings is 1. The van der Waals surface area contributed by atoms with Crippen LogP contribution < -0.4 is 11.3 Å². The molecule has 0 radical (unpaired) electrons. The van der Waals surface area contributed by atoms with E-state index in [9.17, 15) is 4.79 Å². The van der Waals surface area contributed by atoms with Crippen LogP contribution in [-0.2, 0) is 6.54 Å². The monoisotopic (exact) mass is 237 g/mol. The number of carbonyl (C=O) groups is 1. The molecule has 1 aliphatic rings. The average Bonchev–Trinajstić information content (AvgIpc) is 3.08. The van der Waals surface area contributed by atoms with Gasteiger partial charge in [-0.15, -0.1) is 0 Å². The molecule has 94 valence electrons. The molecular formula is C12H19N3O2. The SMILES string of the molecule is CC(C1CC1)N(C)Cc1ccc(C(=O)NN)o1. The summed E-state index contributed by atoms with van der Waals surface area (Å²) in [6, 6.07) is 4.03. The maximum atomic E-state index is 11.2. The number of nitrogens with zero attached hydrogens (tertiary/aromatic N) is 1. The number of hydrogen-bond donors (Lipinski definition) is 2. The highest BCUT2D eigenvalue weighted by Crippen LogP contribution is 2.35. The van der Waals surface area contributed by atoms with E-state index in [0.29, 0.717) is 6.04 Å². The predicted molar refractivity (Wildman–Crippen MR) is 64.0 cm³/mol. The zero-order chi connectivity index (χ0) is 12.4. The van der Waals surface area contributed by atoms with Gasteiger partial charge in [-0.2, -0.15) is 0 Å². The Hall–Kier alpha value is -1.33. The maximum absolute atomic E-state index is 11.2. The molecule has 1 atom stereocenters. The highest BCUT2D eigenvalue weighted by molar-refractivity contribution is 5.90. The fraction of sp³-hybridized carbons (Fsp3) is 0.583. The van der Waals surface area contributed by atoms with E-state index in [0.717, 1.165) is 18.2 Å². The topological polar surface area (TPSA) is 71.5 Å². The van der Waals surface area contributed by atoms with Gasteiger partial charge in [-0.3, -0.25) is 15.1 Å². The normalized spacial score (nSPS) is 17.2. The molecule has 0 spiro atoms. The van der Waals surface area contributed by atoms with Gasteiger partial charge in [0.25, 0.3) is 0 Å². The molecule has 1 aliphatic carbocycles. The third kappa shape index (κ3) is 2.87. The standard InChI is InChI=1S/C12H19N3O2/c1-8(9-3-4-9)15(2)7-10-5-6-11(17-10)12(16)14-13/h5-6,8-9H,3-4,7,13H2,1-2H3,(H,14,16). The first-order chi connectivity index (χ1) is 8.11. The molecule has 0 aromatic carbocycles. The molecule has 0 bridgehead atoms. The molecule has 17 heavy (non-hydrogen) atoms. The van der Waals surface area contributed by atoms with Gasteiger partial charge in [0.15, 0.2) is 5.76 Å². The van der Waals surface area contributed by atoms with Gasteiger partial charge in [0.05, 0.1) is 6.54 Å². The van der Waals surface area contributed by atoms with Crippen molar-refractivity contribution < 1.29 is 9.21 Å². The fourth-order valence-corrected chi connectivity index (χ4v) is 1.98. The molecule has 1 amide bonds. The van der Waals surface area contributed by atoms with E-state index in [4.69, 9.17) is 10.3 Å². The summed E-state index contributed by atoms with van der Waals surface area (Å²) in [5, 5.41) is 0. The van der Waals surface area contributed by atoms with Crippen molar-refractivity contribution in [3.63, 3.8) is 0 Å². The summed E-state index contributed by atoms with van der Waals surface area (Å²) in [6.45, 7) is 2.95. The number of nitrogens with one attached hydrogen (secondary N) is 1. The van der Waals surface area contributed by atoms with Crippen LogP contribution in [0.25, 0.3) is 0 Å². The highest BCUT2D eigenvalue weighted by Gasteiger charge is 2.30. The van der Waals surface area contributed by atoms with Crippen molar-refractivity contribution in [1.82, 2.24) is 10.3 Å². The second-order valence-electron chi connectivity index (χ2n) is 4.73. The largest absolute Gasteiger partial charge is 0.455 e. The quantitative estimate of drug-likeness (QED) is 0.457. The molecule has 1 aromatic rings. The van der Waals surface area contributed by atoms with Crippen molar-refractivity contribution in [3.05, 3.63) is 23.7 Å². The van der Waals surface area contributed by atoms with Gasteiger partial charge in [-0.1, -0.05) is 0 Å². The Labute approximate surface area is 101 Å². The summed E-state index contributed by atoms with van der Waals surface area (Å²) < 4.78 is 5.42. The van der Waals surface area contributed by atoms with Gasteiger partial charge < -0.3 is 4.42 Å². The van der Waals surface area contributed by atoms with E-state index in [1.54, 1.807) is 6.07 Å². The molecule has 1 aromatic heterocycles. The Morgan fingerprint density at radius 1 is 1.65 bits per heavy atom. The highest BCUT2D eigenvalue weighted by atomic mass is 16.4. The fourth-order valence-electron chi connectivity index (χ4n) is 1.98. The molecule has 1 heterocycles. The summed E-state index contributed by atoms with van der Waals surface area (Å²) in [5.74, 6) is 6.52. The van der Waals surface area contributed by atoms with Crippen LogP contribution in [0.1, 0.15) is 36.1 Å². The smallest absolute Gasteiger partial charge is 0.300 e. The number of carbonyl (C=O) groups excluding carboxylic acids is 1. The van der Waals surface area contributed by atoms with Crippen LogP contribution in [-0.4, -0.2) is 23.9 Å². The lowest BCUT2D eigenvalue weighted by Gasteiger charge is -2.23. The number of rotatable bonds is 5. The maximum Gasteiger partial charge on any atom is 0.300 e. The zero-order valence-corrected chi connectivity index (χ0v) is 10.3. The van der Waals surface area contributed by atoms with E-state index in [1.165, 1.54) is 12.8 Å². The lowest BCUT2D eigenvalue weighted by atomic mass is 10.2. The molecule has 3 N–H and O–H groups in total.